The highest BCUT2D eigenvalue weighted by Gasteiger charge is 2.11. The molecule has 0 aliphatic rings. The Balaban J connectivity index is 2.70. The van der Waals surface area contributed by atoms with Gasteiger partial charge in [-0.15, -0.1) is 0 Å². The van der Waals surface area contributed by atoms with Crippen molar-refractivity contribution in [2.75, 3.05) is 5.32 Å². The zero-order valence-corrected chi connectivity index (χ0v) is 9.01. The maximum atomic E-state index is 11.5. The molecule has 1 heterocycles. The standard InChI is InChI=1S/C10H13ClN2O/c1-3-7(2)10(14)13-8-5-4-6-12-9(8)11/h4-7H,3H2,1-2H3,(H,13,14)/t7-/m0/s1. The van der Waals surface area contributed by atoms with Gasteiger partial charge in [0.25, 0.3) is 0 Å². The molecule has 1 aromatic rings. The van der Waals surface area contributed by atoms with Gasteiger partial charge in [0.05, 0.1) is 5.69 Å². The summed E-state index contributed by atoms with van der Waals surface area (Å²) in [7, 11) is 0. The maximum Gasteiger partial charge on any atom is 0.227 e. The summed E-state index contributed by atoms with van der Waals surface area (Å²) in [6.45, 7) is 3.84. The Kier molecular flexibility index (Phi) is 3.89. The van der Waals surface area contributed by atoms with Crippen LogP contribution in [0.15, 0.2) is 18.3 Å². The number of amides is 1. The average molecular weight is 213 g/mol. The normalized spacial score (nSPS) is 12.2. The minimum Gasteiger partial charge on any atom is -0.323 e. The monoisotopic (exact) mass is 212 g/mol. The molecule has 0 saturated heterocycles. The first-order valence-electron chi connectivity index (χ1n) is 4.56. The van der Waals surface area contributed by atoms with Gasteiger partial charge in [0.1, 0.15) is 0 Å². The quantitative estimate of drug-likeness (QED) is 0.783. The summed E-state index contributed by atoms with van der Waals surface area (Å²) in [5.41, 5.74) is 0.569. The van der Waals surface area contributed by atoms with Crippen molar-refractivity contribution in [2.24, 2.45) is 5.92 Å². The number of rotatable bonds is 3. The van der Waals surface area contributed by atoms with Gasteiger partial charge in [-0.25, -0.2) is 4.98 Å². The van der Waals surface area contributed by atoms with Gasteiger partial charge < -0.3 is 5.32 Å². The SMILES string of the molecule is CC[C@H](C)C(=O)Nc1cccnc1Cl. The Labute approximate surface area is 88.5 Å². The first-order chi connectivity index (χ1) is 6.65. The fourth-order valence-corrected chi connectivity index (χ4v) is 1.09. The molecule has 0 radical (unpaired) electrons. The van der Waals surface area contributed by atoms with E-state index in [-0.39, 0.29) is 11.8 Å². The Morgan fingerprint density at radius 2 is 2.43 bits per heavy atom. The molecule has 1 atom stereocenters. The van der Waals surface area contributed by atoms with Crippen LogP contribution in [-0.4, -0.2) is 10.9 Å². The zero-order chi connectivity index (χ0) is 10.6. The molecule has 14 heavy (non-hydrogen) atoms. The van der Waals surface area contributed by atoms with E-state index >= 15 is 0 Å². The van der Waals surface area contributed by atoms with Gasteiger partial charge >= 0.3 is 0 Å². The van der Waals surface area contributed by atoms with Gasteiger partial charge in [0, 0.05) is 12.1 Å². The molecular formula is C10H13ClN2O. The second-order valence-corrected chi connectivity index (χ2v) is 3.50. The van der Waals surface area contributed by atoms with E-state index in [0.717, 1.165) is 6.42 Å². The molecule has 0 fully saturated rings. The summed E-state index contributed by atoms with van der Waals surface area (Å²) in [6, 6.07) is 3.47. The largest absolute Gasteiger partial charge is 0.323 e. The number of halogens is 1. The summed E-state index contributed by atoms with van der Waals surface area (Å²) >= 11 is 5.79. The van der Waals surface area contributed by atoms with Crippen LogP contribution in [0.3, 0.4) is 0 Å². The lowest BCUT2D eigenvalue weighted by atomic mass is 10.1. The van der Waals surface area contributed by atoms with Crippen LogP contribution in [0.4, 0.5) is 5.69 Å². The molecule has 0 aromatic carbocycles. The van der Waals surface area contributed by atoms with Gasteiger partial charge in [-0.2, -0.15) is 0 Å². The number of anilines is 1. The highest BCUT2D eigenvalue weighted by Crippen LogP contribution is 2.18. The predicted octanol–water partition coefficient (Wildman–Crippen LogP) is 2.72. The van der Waals surface area contributed by atoms with Crippen LogP contribution < -0.4 is 5.32 Å². The number of hydrogen-bond acceptors (Lipinski definition) is 2. The molecule has 0 unspecified atom stereocenters. The molecule has 1 N–H and O–H groups in total. The first-order valence-corrected chi connectivity index (χ1v) is 4.94. The molecule has 0 bridgehead atoms. The number of nitrogens with one attached hydrogen (secondary N) is 1. The summed E-state index contributed by atoms with van der Waals surface area (Å²) < 4.78 is 0. The van der Waals surface area contributed by atoms with Crippen molar-refractivity contribution in [3.05, 3.63) is 23.5 Å². The van der Waals surface area contributed by atoms with E-state index in [1.807, 2.05) is 13.8 Å². The van der Waals surface area contributed by atoms with Crippen molar-refractivity contribution in [3.63, 3.8) is 0 Å². The number of carbonyl (C=O) groups excluding carboxylic acids is 1. The fourth-order valence-electron chi connectivity index (χ4n) is 0.921. The molecule has 1 rings (SSSR count). The topological polar surface area (TPSA) is 42.0 Å². The van der Waals surface area contributed by atoms with E-state index in [0.29, 0.717) is 10.8 Å². The van der Waals surface area contributed by atoms with Crippen LogP contribution in [0.25, 0.3) is 0 Å². The van der Waals surface area contributed by atoms with Gasteiger partial charge in [-0.1, -0.05) is 25.4 Å². The third-order valence-electron chi connectivity index (χ3n) is 2.08. The molecule has 3 nitrogen and oxygen atoms in total. The predicted molar refractivity (Wildman–Crippen MR) is 57.3 cm³/mol. The molecule has 0 aliphatic heterocycles. The van der Waals surface area contributed by atoms with Crippen LogP contribution in [0.1, 0.15) is 20.3 Å². The summed E-state index contributed by atoms with van der Waals surface area (Å²) in [6.07, 6.45) is 2.39. The molecule has 0 saturated carbocycles. The Bertz CT molecular complexity index is 328. The second-order valence-electron chi connectivity index (χ2n) is 3.14. The van der Waals surface area contributed by atoms with Gasteiger partial charge in [-0.05, 0) is 18.6 Å². The molecule has 0 aliphatic carbocycles. The smallest absolute Gasteiger partial charge is 0.227 e. The number of carbonyl (C=O) groups is 1. The highest BCUT2D eigenvalue weighted by molar-refractivity contribution is 6.32. The molecule has 0 spiro atoms. The zero-order valence-electron chi connectivity index (χ0n) is 8.25. The van der Waals surface area contributed by atoms with Crippen LogP contribution >= 0.6 is 11.6 Å². The Morgan fingerprint density at radius 1 is 1.71 bits per heavy atom. The Morgan fingerprint density at radius 3 is 3.00 bits per heavy atom. The number of pyridine rings is 1. The lowest BCUT2D eigenvalue weighted by Gasteiger charge is -2.10. The van der Waals surface area contributed by atoms with Crippen molar-refractivity contribution in [2.45, 2.75) is 20.3 Å². The third-order valence-corrected chi connectivity index (χ3v) is 2.38. The highest BCUT2D eigenvalue weighted by atomic mass is 35.5. The minimum absolute atomic E-state index is 0.00808. The van der Waals surface area contributed by atoms with E-state index in [1.54, 1.807) is 18.3 Å². The molecule has 4 heteroatoms. The second kappa shape index (κ2) is 4.96. The third kappa shape index (κ3) is 2.70. The molecule has 1 amide bonds. The van der Waals surface area contributed by atoms with Crippen molar-refractivity contribution in [1.29, 1.82) is 0 Å². The Hall–Kier alpha value is -1.09. The molecular weight excluding hydrogens is 200 g/mol. The van der Waals surface area contributed by atoms with Gasteiger partial charge in [0.2, 0.25) is 5.91 Å². The molecule has 76 valence electrons. The van der Waals surface area contributed by atoms with Crippen LogP contribution in [0, 0.1) is 5.92 Å². The van der Waals surface area contributed by atoms with Crippen LogP contribution in [-0.2, 0) is 4.79 Å². The van der Waals surface area contributed by atoms with Crippen LogP contribution in [0.5, 0.6) is 0 Å². The van der Waals surface area contributed by atoms with Crippen molar-refractivity contribution >= 4 is 23.2 Å². The summed E-state index contributed by atoms with van der Waals surface area (Å²) in [5.74, 6) is -0.0336. The van der Waals surface area contributed by atoms with Crippen LogP contribution in [0.2, 0.25) is 5.15 Å². The number of nitrogens with zero attached hydrogens (tertiary/aromatic N) is 1. The summed E-state index contributed by atoms with van der Waals surface area (Å²) in [4.78, 5) is 15.4. The summed E-state index contributed by atoms with van der Waals surface area (Å²) in [5, 5.41) is 3.05. The fraction of sp³-hybridized carbons (Fsp3) is 0.400. The molecule has 1 aromatic heterocycles. The lowest BCUT2D eigenvalue weighted by Crippen LogP contribution is -2.19. The van der Waals surface area contributed by atoms with Gasteiger partial charge in [0.15, 0.2) is 5.15 Å². The average Bonchev–Trinajstić information content (AvgIpc) is 2.20. The minimum atomic E-state index is -0.0256. The lowest BCUT2D eigenvalue weighted by molar-refractivity contribution is -0.119. The van der Waals surface area contributed by atoms with E-state index in [1.165, 1.54) is 0 Å². The van der Waals surface area contributed by atoms with E-state index in [2.05, 4.69) is 10.3 Å². The van der Waals surface area contributed by atoms with E-state index < -0.39 is 0 Å². The van der Waals surface area contributed by atoms with Crippen molar-refractivity contribution in [1.82, 2.24) is 4.98 Å². The van der Waals surface area contributed by atoms with E-state index in [4.69, 9.17) is 11.6 Å². The van der Waals surface area contributed by atoms with Crippen molar-refractivity contribution < 1.29 is 4.79 Å². The number of aromatic nitrogens is 1. The first kappa shape index (κ1) is 11.0. The number of hydrogen-bond donors (Lipinski definition) is 1. The maximum absolute atomic E-state index is 11.5. The van der Waals surface area contributed by atoms with Gasteiger partial charge in [-0.3, -0.25) is 4.79 Å². The van der Waals surface area contributed by atoms with E-state index in [9.17, 15) is 4.79 Å². The van der Waals surface area contributed by atoms with Crippen molar-refractivity contribution in [3.8, 4) is 0 Å².